The van der Waals surface area contributed by atoms with Crippen LogP contribution in [0.5, 0.6) is 5.75 Å². The molecule has 1 aliphatic heterocycles. The number of carbonyl (C=O) groups excluding carboxylic acids is 1. The van der Waals surface area contributed by atoms with Crippen molar-refractivity contribution in [1.29, 1.82) is 0 Å². The molecule has 0 radical (unpaired) electrons. The van der Waals surface area contributed by atoms with E-state index in [1.165, 1.54) is 37.6 Å². The van der Waals surface area contributed by atoms with E-state index in [0.29, 0.717) is 35.2 Å². The predicted octanol–water partition coefficient (Wildman–Crippen LogP) is 4.15. The van der Waals surface area contributed by atoms with Crippen LogP contribution >= 0.6 is 0 Å². The molecule has 0 aliphatic carbocycles. The Kier molecular flexibility index (Phi) is 7.64. The highest BCUT2D eigenvalue weighted by molar-refractivity contribution is 7.92. The number of hydrogen-bond acceptors (Lipinski definition) is 8. The minimum absolute atomic E-state index is 0.0325. The van der Waals surface area contributed by atoms with Gasteiger partial charge in [0.15, 0.2) is 0 Å². The standard InChI is InChI=1S/C25H28F3N3O6S/c1-15-5-6-22(35-4)21(9-15)31(37-24(32)25(26,27)28)38(33,34)20-10-18-7-8-36-23(18)19(11-20)14-30-13-16(2)29-12-17(30)3/h5-11,16-17,29H,12-14H2,1-4H3. The van der Waals surface area contributed by atoms with E-state index in [-0.39, 0.29) is 32.9 Å². The number of piperazine rings is 1. The molecule has 2 aromatic carbocycles. The Morgan fingerprint density at radius 3 is 2.63 bits per heavy atom. The van der Waals surface area contributed by atoms with Crippen LogP contribution < -0.4 is 14.5 Å². The zero-order valence-electron chi connectivity index (χ0n) is 21.2. The lowest BCUT2D eigenvalue weighted by Gasteiger charge is -2.37. The van der Waals surface area contributed by atoms with Crippen molar-refractivity contribution in [2.75, 3.05) is 24.7 Å². The van der Waals surface area contributed by atoms with E-state index < -0.39 is 22.2 Å². The first-order chi connectivity index (χ1) is 17.8. The van der Waals surface area contributed by atoms with Crippen molar-refractivity contribution < 1.29 is 40.4 Å². The molecule has 3 aromatic rings. The maximum absolute atomic E-state index is 13.9. The van der Waals surface area contributed by atoms with Crippen LogP contribution in [0.2, 0.25) is 0 Å². The summed E-state index contributed by atoms with van der Waals surface area (Å²) in [6.45, 7) is 7.41. The van der Waals surface area contributed by atoms with Gasteiger partial charge in [-0.2, -0.15) is 21.6 Å². The summed E-state index contributed by atoms with van der Waals surface area (Å²) in [6.07, 6.45) is -4.04. The second kappa shape index (κ2) is 10.5. The van der Waals surface area contributed by atoms with E-state index in [9.17, 15) is 26.4 Å². The molecule has 1 saturated heterocycles. The molecule has 2 atom stereocenters. The number of rotatable bonds is 7. The van der Waals surface area contributed by atoms with E-state index in [1.807, 2.05) is 13.8 Å². The number of ether oxygens (including phenoxy) is 1. The minimum atomic E-state index is -5.44. The summed E-state index contributed by atoms with van der Waals surface area (Å²) < 4.78 is 78.1. The first-order valence-corrected chi connectivity index (χ1v) is 13.2. The Balaban J connectivity index is 1.84. The van der Waals surface area contributed by atoms with Gasteiger partial charge in [-0.3, -0.25) is 4.90 Å². The number of anilines is 1. The lowest BCUT2D eigenvalue weighted by molar-refractivity contribution is -0.199. The summed E-state index contributed by atoms with van der Waals surface area (Å²) in [5.74, 6) is -2.81. The van der Waals surface area contributed by atoms with Crippen LogP contribution in [0.4, 0.5) is 18.9 Å². The molecule has 4 rings (SSSR count). The number of carbonyl (C=O) groups is 1. The highest BCUT2D eigenvalue weighted by Gasteiger charge is 2.45. The number of methoxy groups -OCH3 is 1. The fourth-order valence-electron chi connectivity index (χ4n) is 4.32. The second-order valence-electron chi connectivity index (χ2n) is 9.29. The number of sulfonamides is 1. The molecule has 13 heteroatoms. The van der Waals surface area contributed by atoms with E-state index in [1.54, 1.807) is 19.1 Å². The van der Waals surface area contributed by atoms with Gasteiger partial charge in [0, 0.05) is 42.7 Å². The topological polar surface area (TPSA) is 101 Å². The molecule has 0 amide bonds. The molecular weight excluding hydrogens is 527 g/mol. The van der Waals surface area contributed by atoms with Crippen LogP contribution in [0.1, 0.15) is 25.0 Å². The van der Waals surface area contributed by atoms with Gasteiger partial charge in [0.25, 0.3) is 10.0 Å². The summed E-state index contributed by atoms with van der Waals surface area (Å²) >= 11 is 0. The van der Waals surface area contributed by atoms with Gasteiger partial charge in [0.2, 0.25) is 0 Å². The largest absolute Gasteiger partial charge is 0.494 e. The number of benzene rings is 2. The normalized spacial score (nSPS) is 18.9. The lowest BCUT2D eigenvalue weighted by Crippen LogP contribution is -2.53. The van der Waals surface area contributed by atoms with Crippen molar-refractivity contribution in [1.82, 2.24) is 10.2 Å². The Labute approximate surface area is 218 Å². The van der Waals surface area contributed by atoms with Crippen LogP contribution in [-0.2, 0) is 26.2 Å². The number of aryl methyl sites for hydroxylation is 1. The van der Waals surface area contributed by atoms with Gasteiger partial charge in [-0.15, -0.1) is 0 Å². The Hall–Kier alpha value is -3.29. The van der Waals surface area contributed by atoms with Gasteiger partial charge in [-0.1, -0.05) is 10.5 Å². The smallest absolute Gasteiger partial charge is 0.493 e. The van der Waals surface area contributed by atoms with Gasteiger partial charge >= 0.3 is 12.1 Å². The summed E-state index contributed by atoms with van der Waals surface area (Å²) in [5, 5.41) is 3.80. The van der Waals surface area contributed by atoms with Crippen molar-refractivity contribution in [3.05, 3.63) is 53.8 Å². The van der Waals surface area contributed by atoms with E-state index in [0.717, 1.165) is 6.54 Å². The van der Waals surface area contributed by atoms with Crippen LogP contribution in [0.15, 0.2) is 52.0 Å². The van der Waals surface area contributed by atoms with Gasteiger partial charge in [0.05, 0.1) is 18.3 Å². The number of alkyl halides is 3. The zero-order valence-corrected chi connectivity index (χ0v) is 22.0. The average molecular weight is 556 g/mol. The summed E-state index contributed by atoms with van der Waals surface area (Å²) in [4.78, 5) is 18.1. The first-order valence-electron chi connectivity index (χ1n) is 11.8. The molecule has 206 valence electrons. The number of hydrogen-bond donors (Lipinski definition) is 1. The third kappa shape index (κ3) is 5.59. The average Bonchev–Trinajstić information content (AvgIpc) is 3.33. The van der Waals surface area contributed by atoms with E-state index >= 15 is 0 Å². The fraction of sp³-hybridized carbons (Fsp3) is 0.400. The van der Waals surface area contributed by atoms with Crippen LogP contribution in [-0.4, -0.2) is 57.7 Å². The predicted molar refractivity (Wildman–Crippen MR) is 133 cm³/mol. The molecular formula is C25H28F3N3O6S. The molecule has 1 N–H and O–H groups in total. The minimum Gasteiger partial charge on any atom is -0.494 e. The first kappa shape index (κ1) is 27.7. The number of halogens is 3. The number of furan rings is 1. The van der Waals surface area contributed by atoms with Crippen LogP contribution in [0.3, 0.4) is 0 Å². The molecule has 38 heavy (non-hydrogen) atoms. The fourth-order valence-corrected chi connectivity index (χ4v) is 5.65. The highest BCUT2D eigenvalue weighted by atomic mass is 32.2. The Morgan fingerprint density at radius 1 is 1.21 bits per heavy atom. The number of fused-ring (bicyclic) bond motifs is 1. The lowest BCUT2D eigenvalue weighted by atomic mass is 10.1. The molecule has 0 spiro atoms. The molecule has 0 saturated carbocycles. The third-order valence-electron chi connectivity index (χ3n) is 6.31. The monoisotopic (exact) mass is 555 g/mol. The number of nitrogens with one attached hydrogen (secondary N) is 1. The molecule has 9 nitrogen and oxygen atoms in total. The maximum Gasteiger partial charge on any atom is 0.493 e. The molecule has 2 heterocycles. The zero-order chi connectivity index (χ0) is 27.8. The van der Waals surface area contributed by atoms with Crippen molar-refractivity contribution in [2.24, 2.45) is 0 Å². The Morgan fingerprint density at radius 2 is 1.95 bits per heavy atom. The summed E-state index contributed by atoms with van der Waals surface area (Å²) in [7, 11) is -3.66. The van der Waals surface area contributed by atoms with Crippen molar-refractivity contribution in [2.45, 2.75) is 50.5 Å². The molecule has 1 aliphatic rings. The summed E-state index contributed by atoms with van der Waals surface area (Å²) in [6, 6.07) is 8.68. The summed E-state index contributed by atoms with van der Waals surface area (Å²) in [5.41, 5.74) is 1.08. The van der Waals surface area contributed by atoms with Gasteiger partial charge in [-0.05, 0) is 56.7 Å². The van der Waals surface area contributed by atoms with Crippen LogP contribution in [0.25, 0.3) is 11.0 Å². The quantitative estimate of drug-likeness (QED) is 0.434. The highest BCUT2D eigenvalue weighted by Crippen LogP contribution is 2.36. The third-order valence-corrected chi connectivity index (χ3v) is 7.85. The van der Waals surface area contributed by atoms with Gasteiger partial charge in [0.1, 0.15) is 17.0 Å². The van der Waals surface area contributed by atoms with Crippen molar-refractivity contribution in [3.63, 3.8) is 0 Å². The molecule has 0 bridgehead atoms. The Bertz CT molecular complexity index is 1440. The van der Waals surface area contributed by atoms with Gasteiger partial charge in [-0.25, -0.2) is 4.79 Å². The van der Waals surface area contributed by atoms with Crippen LogP contribution in [0, 0.1) is 6.92 Å². The van der Waals surface area contributed by atoms with E-state index in [4.69, 9.17) is 9.15 Å². The molecule has 1 fully saturated rings. The van der Waals surface area contributed by atoms with Crippen molar-refractivity contribution >= 4 is 32.6 Å². The SMILES string of the molecule is COc1ccc(C)cc1N(OC(=O)C(F)(F)F)S(=O)(=O)c1cc(CN2CC(C)NCC2C)c2occc2c1. The number of nitrogens with zero attached hydrogens (tertiary/aromatic N) is 2. The van der Waals surface area contributed by atoms with E-state index in [2.05, 4.69) is 15.1 Å². The molecule has 2 unspecified atom stereocenters. The van der Waals surface area contributed by atoms with Gasteiger partial charge < -0.3 is 19.3 Å². The second-order valence-corrected chi connectivity index (χ2v) is 11.0. The van der Waals surface area contributed by atoms with Crippen molar-refractivity contribution in [3.8, 4) is 5.75 Å². The maximum atomic E-state index is 13.9. The molecule has 1 aromatic heterocycles.